The Morgan fingerprint density at radius 1 is 1.11 bits per heavy atom. The lowest BCUT2D eigenvalue weighted by Gasteiger charge is -2.38. The van der Waals surface area contributed by atoms with E-state index in [0.717, 1.165) is 16.8 Å². The fourth-order valence-corrected chi connectivity index (χ4v) is 5.87. The number of fused-ring (bicyclic) bond motifs is 2. The number of aromatic nitrogens is 3. The van der Waals surface area contributed by atoms with Crippen molar-refractivity contribution >= 4 is 21.5 Å². The van der Waals surface area contributed by atoms with E-state index in [-0.39, 0.29) is 29.1 Å². The van der Waals surface area contributed by atoms with E-state index in [4.69, 9.17) is 9.84 Å². The molecule has 2 aromatic heterocycles. The second kappa shape index (κ2) is 8.63. The second-order valence-corrected chi connectivity index (χ2v) is 11.8. The van der Waals surface area contributed by atoms with Crippen molar-refractivity contribution in [3.63, 3.8) is 0 Å². The van der Waals surface area contributed by atoms with Gasteiger partial charge >= 0.3 is 0 Å². The molecule has 184 valence electrons. The molecule has 0 amide bonds. The molecule has 2 aliphatic heterocycles. The van der Waals surface area contributed by atoms with Gasteiger partial charge < -0.3 is 19.8 Å². The monoisotopic (exact) mass is 496 g/mol. The molecule has 0 bridgehead atoms. The third-order valence-electron chi connectivity index (χ3n) is 6.62. The van der Waals surface area contributed by atoms with Crippen LogP contribution in [0.3, 0.4) is 0 Å². The lowest BCUT2D eigenvalue weighted by molar-refractivity contribution is -0.0507. The Morgan fingerprint density at radius 3 is 2.49 bits per heavy atom. The van der Waals surface area contributed by atoms with Crippen LogP contribution in [-0.2, 0) is 25.6 Å². The Balaban J connectivity index is 1.49. The van der Waals surface area contributed by atoms with Crippen LogP contribution >= 0.6 is 0 Å². The van der Waals surface area contributed by atoms with Crippen LogP contribution in [0.5, 0.6) is 0 Å². The summed E-state index contributed by atoms with van der Waals surface area (Å²) >= 11 is 0. The number of sulfone groups is 1. The zero-order chi connectivity index (χ0) is 24.8. The summed E-state index contributed by atoms with van der Waals surface area (Å²) < 4.78 is 31.1. The summed E-state index contributed by atoms with van der Waals surface area (Å²) in [6.07, 6.45) is 5.20. The minimum absolute atomic E-state index is 0.113. The van der Waals surface area contributed by atoms with Gasteiger partial charge in [0.2, 0.25) is 5.95 Å². The maximum absolute atomic E-state index is 12.8. The molecule has 0 saturated carbocycles. The molecule has 3 aromatic rings. The summed E-state index contributed by atoms with van der Waals surface area (Å²) in [5.41, 5.74) is 2.67. The van der Waals surface area contributed by atoms with Crippen LogP contribution in [0.15, 0.2) is 53.8 Å². The zero-order valence-electron chi connectivity index (χ0n) is 19.7. The molecular formula is C25H28N4O5S. The zero-order valence-corrected chi connectivity index (χ0v) is 20.5. The predicted molar refractivity (Wildman–Crippen MR) is 130 cm³/mol. The van der Waals surface area contributed by atoms with Gasteiger partial charge in [0.25, 0.3) is 0 Å². The first-order valence-electron chi connectivity index (χ1n) is 11.5. The Kier molecular flexibility index (Phi) is 5.87. The van der Waals surface area contributed by atoms with E-state index in [9.17, 15) is 13.5 Å². The largest absolute Gasteiger partial charge is 0.396 e. The number of hydrogen-bond acceptors (Lipinski definition) is 9. The number of benzene rings is 1. The van der Waals surface area contributed by atoms with E-state index in [1.165, 1.54) is 0 Å². The van der Waals surface area contributed by atoms with Crippen molar-refractivity contribution in [1.82, 2.24) is 15.0 Å². The fraction of sp³-hybridized carbons (Fsp3) is 0.400. The van der Waals surface area contributed by atoms with Crippen LogP contribution in [0.4, 0.5) is 11.6 Å². The van der Waals surface area contributed by atoms with Crippen molar-refractivity contribution in [2.75, 3.05) is 37.0 Å². The standard InChI is InChI=1S/C25H28N4O5S/c1-24(2,31)18-6-7-26-21(10-18)17-12-27-23(28-13-17)29-14-25(15-34-16-25)20-5-4-19(11-22(20)29)35(32,33)9-3-8-30/h4-7,10-13,30-31H,3,8-9,14-16H2,1-2H3. The van der Waals surface area contributed by atoms with Gasteiger partial charge in [-0.05, 0) is 55.7 Å². The van der Waals surface area contributed by atoms with Gasteiger partial charge in [-0.25, -0.2) is 18.4 Å². The maximum Gasteiger partial charge on any atom is 0.229 e. The molecule has 10 heteroatoms. The van der Waals surface area contributed by atoms with Gasteiger partial charge in [0.05, 0.1) is 40.6 Å². The highest BCUT2D eigenvalue weighted by Crippen LogP contribution is 2.48. The minimum Gasteiger partial charge on any atom is -0.396 e. The molecule has 9 nitrogen and oxygen atoms in total. The third-order valence-corrected chi connectivity index (χ3v) is 8.42. The number of hydrogen-bond donors (Lipinski definition) is 2. The van der Waals surface area contributed by atoms with E-state index in [1.807, 2.05) is 17.0 Å². The van der Waals surface area contributed by atoms with Crippen LogP contribution in [0.2, 0.25) is 0 Å². The van der Waals surface area contributed by atoms with E-state index in [2.05, 4.69) is 15.0 Å². The number of ether oxygens (including phenoxy) is 1. The summed E-state index contributed by atoms with van der Waals surface area (Å²) in [6.45, 7) is 4.96. The van der Waals surface area contributed by atoms with Crippen molar-refractivity contribution in [1.29, 1.82) is 0 Å². The normalized spacial score (nSPS) is 16.9. The number of aliphatic hydroxyl groups excluding tert-OH is 1. The van der Waals surface area contributed by atoms with Crippen molar-refractivity contribution in [3.8, 4) is 11.3 Å². The molecule has 4 heterocycles. The van der Waals surface area contributed by atoms with Crippen LogP contribution in [0.1, 0.15) is 31.4 Å². The van der Waals surface area contributed by atoms with Gasteiger partial charge in [-0.1, -0.05) is 6.07 Å². The minimum atomic E-state index is -3.52. The summed E-state index contributed by atoms with van der Waals surface area (Å²) in [4.78, 5) is 15.7. The third kappa shape index (κ3) is 4.31. The molecule has 1 saturated heterocycles. The molecule has 2 aliphatic rings. The highest BCUT2D eigenvalue weighted by Gasteiger charge is 2.49. The van der Waals surface area contributed by atoms with Crippen molar-refractivity contribution < 1.29 is 23.4 Å². The molecule has 1 aromatic carbocycles. The Hall–Kier alpha value is -2.92. The molecule has 0 radical (unpaired) electrons. The van der Waals surface area contributed by atoms with Gasteiger partial charge in [-0.2, -0.15) is 0 Å². The molecule has 2 N–H and O–H groups in total. The topological polar surface area (TPSA) is 126 Å². The number of anilines is 2. The molecule has 0 unspecified atom stereocenters. The molecule has 1 fully saturated rings. The van der Waals surface area contributed by atoms with Gasteiger partial charge in [-0.15, -0.1) is 0 Å². The van der Waals surface area contributed by atoms with Crippen LogP contribution in [0, 0.1) is 0 Å². The van der Waals surface area contributed by atoms with Gasteiger partial charge in [0.15, 0.2) is 9.84 Å². The fourth-order valence-electron chi connectivity index (χ4n) is 4.56. The number of pyridine rings is 1. The Labute approximate surface area is 204 Å². The average Bonchev–Trinajstić information content (AvgIpc) is 3.18. The molecule has 5 rings (SSSR count). The van der Waals surface area contributed by atoms with Gasteiger partial charge in [0.1, 0.15) is 0 Å². The Morgan fingerprint density at radius 2 is 1.86 bits per heavy atom. The highest BCUT2D eigenvalue weighted by molar-refractivity contribution is 7.91. The first-order chi connectivity index (χ1) is 16.6. The van der Waals surface area contributed by atoms with Crippen molar-refractivity contribution in [3.05, 3.63) is 60.0 Å². The maximum atomic E-state index is 12.8. The van der Waals surface area contributed by atoms with Crippen LogP contribution in [-0.4, -0.2) is 65.7 Å². The molecule has 0 aliphatic carbocycles. The van der Waals surface area contributed by atoms with E-state index >= 15 is 0 Å². The van der Waals surface area contributed by atoms with E-state index in [0.29, 0.717) is 37.0 Å². The number of nitrogens with zero attached hydrogens (tertiary/aromatic N) is 4. The van der Waals surface area contributed by atoms with Crippen molar-refractivity contribution in [2.45, 2.75) is 36.2 Å². The summed E-state index contributed by atoms with van der Waals surface area (Å²) in [7, 11) is -3.52. The average molecular weight is 497 g/mol. The summed E-state index contributed by atoms with van der Waals surface area (Å²) in [5, 5.41) is 19.4. The summed E-state index contributed by atoms with van der Waals surface area (Å²) in [5.74, 6) is 0.348. The quantitative estimate of drug-likeness (QED) is 0.507. The molecule has 0 atom stereocenters. The van der Waals surface area contributed by atoms with Crippen molar-refractivity contribution in [2.24, 2.45) is 0 Å². The summed E-state index contributed by atoms with van der Waals surface area (Å²) in [6, 6.07) is 8.77. The lowest BCUT2D eigenvalue weighted by atomic mass is 9.81. The van der Waals surface area contributed by atoms with Crippen LogP contribution in [0.25, 0.3) is 11.3 Å². The van der Waals surface area contributed by atoms with Gasteiger partial charge in [-0.3, -0.25) is 4.98 Å². The Bertz CT molecular complexity index is 1350. The smallest absolute Gasteiger partial charge is 0.229 e. The number of aliphatic hydroxyl groups is 2. The SMILES string of the molecule is CC(C)(O)c1ccnc(-c2cnc(N3CC4(COC4)c4ccc(S(=O)(=O)CCCO)cc43)nc2)c1. The lowest BCUT2D eigenvalue weighted by Crippen LogP contribution is -2.49. The molecule has 1 spiro atoms. The first-order valence-corrected chi connectivity index (χ1v) is 13.1. The van der Waals surface area contributed by atoms with Gasteiger partial charge in [0, 0.05) is 43.0 Å². The number of rotatable bonds is 7. The highest BCUT2D eigenvalue weighted by atomic mass is 32.2. The van der Waals surface area contributed by atoms with Crippen LogP contribution < -0.4 is 4.90 Å². The first kappa shape index (κ1) is 23.8. The second-order valence-electron chi connectivity index (χ2n) is 9.69. The molecular weight excluding hydrogens is 468 g/mol. The molecule has 35 heavy (non-hydrogen) atoms. The van der Waals surface area contributed by atoms with E-state index in [1.54, 1.807) is 50.6 Å². The predicted octanol–water partition coefficient (Wildman–Crippen LogP) is 2.34. The van der Waals surface area contributed by atoms with E-state index < -0.39 is 15.4 Å².